The second-order valence-electron chi connectivity index (χ2n) is 3.53. The minimum atomic E-state index is -0.506. The van der Waals surface area contributed by atoms with Crippen LogP contribution < -0.4 is 10.5 Å². The molecule has 0 aliphatic carbocycles. The second kappa shape index (κ2) is 5.33. The predicted molar refractivity (Wildman–Crippen MR) is 73.8 cm³/mol. The smallest absolute Gasteiger partial charge is 0.140 e. The monoisotopic (exact) mass is 281 g/mol. The Labute approximate surface area is 114 Å². The highest BCUT2D eigenvalue weighted by Gasteiger charge is 2.12. The molecule has 2 aromatic rings. The molecule has 0 aromatic heterocycles. The third kappa shape index (κ3) is 2.78. The zero-order chi connectivity index (χ0) is 13.1. The molecule has 0 unspecified atom stereocenters. The molecule has 92 valence electrons. The largest absolute Gasteiger partial charge is 0.457 e. The number of halogens is 2. The van der Waals surface area contributed by atoms with Crippen LogP contribution in [0, 0.1) is 5.82 Å². The first-order valence-electron chi connectivity index (χ1n) is 5.09. The quantitative estimate of drug-likeness (QED) is 0.867. The van der Waals surface area contributed by atoms with E-state index in [1.165, 1.54) is 12.1 Å². The summed E-state index contributed by atoms with van der Waals surface area (Å²) in [6, 6.07) is 11.1. The van der Waals surface area contributed by atoms with Gasteiger partial charge in [0.05, 0.1) is 5.56 Å². The number of thiocarbonyl (C=S) groups is 1. The predicted octanol–water partition coefficient (Wildman–Crippen LogP) is 3.91. The molecule has 0 radical (unpaired) electrons. The van der Waals surface area contributed by atoms with Crippen LogP contribution in [-0.4, -0.2) is 4.99 Å². The Morgan fingerprint density at radius 1 is 1.17 bits per heavy atom. The first-order valence-corrected chi connectivity index (χ1v) is 5.88. The summed E-state index contributed by atoms with van der Waals surface area (Å²) in [5.41, 5.74) is 5.58. The number of hydrogen-bond donors (Lipinski definition) is 1. The molecule has 2 nitrogen and oxygen atoms in total. The van der Waals surface area contributed by atoms with Gasteiger partial charge in [-0.05, 0) is 36.4 Å². The molecule has 0 aliphatic rings. The van der Waals surface area contributed by atoms with Crippen LogP contribution >= 0.6 is 23.8 Å². The maximum atomic E-state index is 13.6. The summed E-state index contributed by atoms with van der Waals surface area (Å²) >= 11 is 10.6. The highest BCUT2D eigenvalue weighted by molar-refractivity contribution is 7.80. The van der Waals surface area contributed by atoms with Crippen LogP contribution in [0.3, 0.4) is 0 Å². The molecule has 0 saturated heterocycles. The van der Waals surface area contributed by atoms with Gasteiger partial charge in [0.15, 0.2) is 0 Å². The Morgan fingerprint density at radius 2 is 1.83 bits per heavy atom. The van der Waals surface area contributed by atoms with E-state index in [1.54, 1.807) is 30.3 Å². The molecule has 2 aromatic carbocycles. The van der Waals surface area contributed by atoms with E-state index in [0.717, 1.165) is 0 Å². The van der Waals surface area contributed by atoms with E-state index in [4.69, 9.17) is 34.3 Å². The molecule has 2 rings (SSSR count). The average molecular weight is 282 g/mol. The van der Waals surface area contributed by atoms with E-state index in [-0.39, 0.29) is 16.3 Å². The van der Waals surface area contributed by atoms with Crippen molar-refractivity contribution in [2.75, 3.05) is 0 Å². The molecule has 0 fully saturated rings. The molecule has 0 aliphatic heterocycles. The lowest BCUT2D eigenvalue weighted by Crippen LogP contribution is -2.13. The third-order valence-corrected chi connectivity index (χ3v) is 2.72. The minimum Gasteiger partial charge on any atom is -0.457 e. The van der Waals surface area contributed by atoms with E-state index < -0.39 is 5.82 Å². The molecule has 18 heavy (non-hydrogen) atoms. The lowest BCUT2D eigenvalue weighted by Gasteiger charge is -2.10. The summed E-state index contributed by atoms with van der Waals surface area (Å²) in [4.78, 5) is -0.0444. The Morgan fingerprint density at radius 3 is 2.44 bits per heavy atom. The fourth-order valence-electron chi connectivity index (χ4n) is 1.46. The van der Waals surface area contributed by atoms with E-state index in [2.05, 4.69) is 0 Å². The lowest BCUT2D eigenvalue weighted by molar-refractivity contribution is 0.475. The maximum Gasteiger partial charge on any atom is 0.140 e. The van der Waals surface area contributed by atoms with Gasteiger partial charge in [0.1, 0.15) is 22.3 Å². The van der Waals surface area contributed by atoms with Crippen molar-refractivity contribution in [2.24, 2.45) is 5.73 Å². The van der Waals surface area contributed by atoms with Crippen molar-refractivity contribution in [2.45, 2.75) is 0 Å². The van der Waals surface area contributed by atoms with Gasteiger partial charge in [-0.25, -0.2) is 4.39 Å². The zero-order valence-corrected chi connectivity index (χ0v) is 10.8. The number of rotatable bonds is 3. The van der Waals surface area contributed by atoms with Crippen molar-refractivity contribution < 1.29 is 9.13 Å². The summed E-state index contributed by atoms with van der Waals surface area (Å²) < 4.78 is 19.1. The van der Waals surface area contributed by atoms with Crippen molar-refractivity contribution in [1.29, 1.82) is 0 Å². The standard InChI is InChI=1S/C13H9ClFNOS/c14-8-4-6-9(7-5-8)17-11-3-1-2-10(15)12(11)13(16)18/h1-7H,(H2,16,18). The van der Waals surface area contributed by atoms with Crippen LogP contribution in [0.1, 0.15) is 5.56 Å². The summed E-state index contributed by atoms with van der Waals surface area (Å²) in [5.74, 6) is 0.307. The van der Waals surface area contributed by atoms with Gasteiger partial charge < -0.3 is 10.5 Å². The van der Waals surface area contributed by atoms with Crippen LogP contribution in [0.15, 0.2) is 42.5 Å². The third-order valence-electron chi connectivity index (χ3n) is 2.26. The highest BCUT2D eigenvalue weighted by Crippen LogP contribution is 2.27. The molecule has 0 saturated carbocycles. The van der Waals surface area contributed by atoms with Crippen molar-refractivity contribution in [1.82, 2.24) is 0 Å². The molecule has 5 heteroatoms. The lowest BCUT2D eigenvalue weighted by atomic mass is 10.2. The molecule has 2 N–H and O–H groups in total. The van der Waals surface area contributed by atoms with Gasteiger partial charge in [0.2, 0.25) is 0 Å². The Hall–Kier alpha value is -1.65. The number of hydrogen-bond acceptors (Lipinski definition) is 2. The summed E-state index contributed by atoms with van der Waals surface area (Å²) in [6.45, 7) is 0. The van der Waals surface area contributed by atoms with E-state index in [9.17, 15) is 4.39 Å². The highest BCUT2D eigenvalue weighted by atomic mass is 35.5. The first-order chi connectivity index (χ1) is 8.58. The van der Waals surface area contributed by atoms with Crippen molar-refractivity contribution in [3.8, 4) is 11.5 Å². The van der Waals surface area contributed by atoms with E-state index in [0.29, 0.717) is 10.8 Å². The molecule has 0 bridgehead atoms. The summed E-state index contributed by atoms with van der Waals surface area (Å²) in [7, 11) is 0. The van der Waals surface area contributed by atoms with Crippen molar-refractivity contribution in [3.63, 3.8) is 0 Å². The van der Waals surface area contributed by atoms with E-state index >= 15 is 0 Å². The van der Waals surface area contributed by atoms with Crippen molar-refractivity contribution >= 4 is 28.8 Å². The zero-order valence-electron chi connectivity index (χ0n) is 9.19. The number of nitrogens with two attached hydrogens (primary N) is 1. The van der Waals surface area contributed by atoms with Crippen LogP contribution in [-0.2, 0) is 0 Å². The molecule has 0 heterocycles. The van der Waals surface area contributed by atoms with Gasteiger partial charge in [-0.15, -0.1) is 0 Å². The summed E-state index contributed by atoms with van der Waals surface area (Å²) in [5, 5.41) is 0.594. The minimum absolute atomic E-state index is 0.0444. The fourth-order valence-corrected chi connectivity index (χ4v) is 1.78. The molecule has 0 atom stereocenters. The first kappa shape index (κ1) is 12.8. The normalized spacial score (nSPS) is 10.1. The van der Waals surface area contributed by atoms with E-state index in [1.807, 2.05) is 0 Å². The molecule has 0 amide bonds. The van der Waals surface area contributed by atoms with Crippen LogP contribution in [0.2, 0.25) is 5.02 Å². The van der Waals surface area contributed by atoms with Gasteiger partial charge in [-0.3, -0.25) is 0 Å². The topological polar surface area (TPSA) is 35.2 Å². The number of ether oxygens (including phenoxy) is 1. The Kier molecular flexibility index (Phi) is 3.79. The van der Waals surface area contributed by atoms with Gasteiger partial charge in [0.25, 0.3) is 0 Å². The summed E-state index contributed by atoms with van der Waals surface area (Å²) in [6.07, 6.45) is 0. The Balaban J connectivity index is 2.37. The molecular formula is C13H9ClFNOS. The fraction of sp³-hybridized carbons (Fsp3) is 0. The van der Waals surface area contributed by atoms with Gasteiger partial charge in [0, 0.05) is 5.02 Å². The van der Waals surface area contributed by atoms with Crippen LogP contribution in [0.4, 0.5) is 4.39 Å². The van der Waals surface area contributed by atoms with Gasteiger partial charge in [-0.1, -0.05) is 29.9 Å². The van der Waals surface area contributed by atoms with Crippen LogP contribution in [0.5, 0.6) is 11.5 Å². The number of benzene rings is 2. The Bertz CT molecular complexity index is 586. The molecular weight excluding hydrogens is 273 g/mol. The van der Waals surface area contributed by atoms with Crippen molar-refractivity contribution in [3.05, 3.63) is 58.9 Å². The molecule has 0 spiro atoms. The van der Waals surface area contributed by atoms with Gasteiger partial charge >= 0.3 is 0 Å². The SMILES string of the molecule is NC(=S)c1c(F)cccc1Oc1ccc(Cl)cc1. The van der Waals surface area contributed by atoms with Crippen LogP contribution in [0.25, 0.3) is 0 Å². The second-order valence-corrected chi connectivity index (χ2v) is 4.41. The van der Waals surface area contributed by atoms with Gasteiger partial charge in [-0.2, -0.15) is 0 Å². The maximum absolute atomic E-state index is 13.6. The average Bonchev–Trinajstić information content (AvgIpc) is 2.32.